The molecule has 2 aromatic rings. The molecule has 3 heterocycles. The van der Waals surface area contributed by atoms with Gasteiger partial charge in [0.2, 0.25) is 0 Å². The summed E-state index contributed by atoms with van der Waals surface area (Å²) in [7, 11) is 2.94. The molecule has 0 radical (unpaired) electrons. The maximum absolute atomic E-state index is 13.4. The summed E-state index contributed by atoms with van der Waals surface area (Å²) in [6.45, 7) is 2.80. The number of likely N-dealkylation sites (tertiary alicyclic amines) is 2. The zero-order valence-electron chi connectivity index (χ0n) is 20.5. The van der Waals surface area contributed by atoms with E-state index in [1.807, 2.05) is 0 Å². The maximum Gasteiger partial charge on any atom is 0.409 e. The van der Waals surface area contributed by atoms with Gasteiger partial charge in [0.15, 0.2) is 0 Å². The summed E-state index contributed by atoms with van der Waals surface area (Å²) in [5.41, 5.74) is 0.844. The van der Waals surface area contributed by atoms with Crippen LogP contribution in [0.2, 0.25) is 0 Å². The second kappa shape index (κ2) is 10.7. The minimum atomic E-state index is -0.831. The molecule has 0 spiro atoms. The fourth-order valence-corrected chi connectivity index (χ4v) is 4.79. The first-order valence-corrected chi connectivity index (χ1v) is 11.7. The SMILES string of the molecule is CCOC(=O)N1CCC(N2C(=O)C(=O)/C(=C(/O)c3cc(OC)ccc3OC)C2c2ccncc2)CC1. The molecule has 0 aliphatic carbocycles. The highest BCUT2D eigenvalue weighted by molar-refractivity contribution is 6.46. The molecule has 1 aromatic carbocycles. The molecule has 2 aliphatic rings. The molecular weight excluding hydrogens is 466 g/mol. The van der Waals surface area contributed by atoms with Crippen molar-refractivity contribution in [3.63, 3.8) is 0 Å². The van der Waals surface area contributed by atoms with Crippen molar-refractivity contribution in [2.75, 3.05) is 33.9 Å². The van der Waals surface area contributed by atoms with Crippen molar-refractivity contribution in [1.29, 1.82) is 0 Å². The maximum atomic E-state index is 13.4. The third-order valence-electron chi connectivity index (χ3n) is 6.55. The summed E-state index contributed by atoms with van der Waals surface area (Å²) >= 11 is 0. The van der Waals surface area contributed by atoms with Gasteiger partial charge in [-0.15, -0.1) is 0 Å². The van der Waals surface area contributed by atoms with Crippen LogP contribution in [0.5, 0.6) is 11.5 Å². The van der Waals surface area contributed by atoms with Crippen molar-refractivity contribution in [2.45, 2.75) is 31.8 Å². The summed E-state index contributed by atoms with van der Waals surface area (Å²) < 4.78 is 15.8. The average molecular weight is 496 g/mol. The first-order valence-electron chi connectivity index (χ1n) is 11.7. The number of carbonyl (C=O) groups is 3. The van der Waals surface area contributed by atoms with Gasteiger partial charge in [-0.3, -0.25) is 14.6 Å². The number of hydrogen-bond acceptors (Lipinski definition) is 8. The van der Waals surface area contributed by atoms with E-state index in [9.17, 15) is 19.5 Å². The lowest BCUT2D eigenvalue weighted by Crippen LogP contribution is -2.48. The normalized spacial score (nSPS) is 19.9. The van der Waals surface area contributed by atoms with Crippen LogP contribution in [0.15, 0.2) is 48.3 Å². The first-order chi connectivity index (χ1) is 17.4. The number of hydrogen-bond donors (Lipinski definition) is 1. The zero-order valence-corrected chi connectivity index (χ0v) is 20.5. The summed E-state index contributed by atoms with van der Waals surface area (Å²) in [6.07, 6.45) is 3.69. The third-order valence-corrected chi connectivity index (χ3v) is 6.55. The number of amides is 2. The van der Waals surface area contributed by atoms with Crippen LogP contribution < -0.4 is 9.47 Å². The molecule has 10 nitrogen and oxygen atoms in total. The number of rotatable bonds is 6. The van der Waals surface area contributed by atoms with Crippen LogP contribution in [0.3, 0.4) is 0 Å². The minimum absolute atomic E-state index is 0.0365. The van der Waals surface area contributed by atoms with Crippen molar-refractivity contribution >= 4 is 23.5 Å². The number of methoxy groups -OCH3 is 2. The number of piperidine rings is 1. The van der Waals surface area contributed by atoms with Crippen molar-refractivity contribution in [1.82, 2.24) is 14.8 Å². The van der Waals surface area contributed by atoms with Crippen molar-refractivity contribution in [2.24, 2.45) is 0 Å². The molecule has 0 saturated carbocycles. The van der Waals surface area contributed by atoms with Gasteiger partial charge in [-0.25, -0.2) is 4.79 Å². The van der Waals surface area contributed by atoms with Crippen molar-refractivity contribution in [3.8, 4) is 11.5 Å². The second-order valence-corrected chi connectivity index (χ2v) is 8.47. The number of nitrogens with zero attached hydrogens (tertiary/aromatic N) is 3. The molecule has 4 rings (SSSR count). The van der Waals surface area contributed by atoms with E-state index < -0.39 is 23.8 Å². The monoisotopic (exact) mass is 495 g/mol. The lowest BCUT2D eigenvalue weighted by Gasteiger charge is -2.38. The van der Waals surface area contributed by atoms with Gasteiger partial charge in [0.25, 0.3) is 11.7 Å². The molecule has 1 N–H and O–H groups in total. The lowest BCUT2D eigenvalue weighted by molar-refractivity contribution is -0.142. The van der Waals surface area contributed by atoms with Crippen LogP contribution in [0.4, 0.5) is 4.79 Å². The Kier molecular flexibility index (Phi) is 7.42. The zero-order chi connectivity index (χ0) is 25.8. The van der Waals surface area contributed by atoms with Crippen LogP contribution >= 0.6 is 0 Å². The van der Waals surface area contributed by atoms with E-state index >= 15 is 0 Å². The first kappa shape index (κ1) is 25.0. The standard InChI is InChI=1S/C26H29N3O7/c1-4-36-26(33)28-13-9-17(10-14-28)29-22(16-7-11-27-12-8-16)21(24(31)25(29)32)23(30)19-15-18(34-2)5-6-20(19)35-3/h5-8,11-12,15,17,22,30H,4,9-10,13-14H2,1-3H3/b23-21+. The summed E-state index contributed by atoms with van der Waals surface area (Å²) in [5.74, 6) is -1.05. The predicted octanol–water partition coefficient (Wildman–Crippen LogP) is 3.14. The van der Waals surface area contributed by atoms with Gasteiger partial charge in [0.1, 0.15) is 17.3 Å². The third kappa shape index (κ3) is 4.58. The van der Waals surface area contributed by atoms with Gasteiger partial charge in [0.05, 0.1) is 38.0 Å². The Morgan fingerprint density at radius 2 is 1.78 bits per heavy atom. The van der Waals surface area contributed by atoms with Crippen LogP contribution in [0.1, 0.15) is 36.9 Å². The molecule has 36 heavy (non-hydrogen) atoms. The number of aliphatic hydroxyl groups is 1. The molecule has 2 saturated heterocycles. The molecule has 2 aliphatic heterocycles. The Hall–Kier alpha value is -4.08. The Balaban J connectivity index is 1.77. The Labute approximate surface area is 209 Å². The lowest BCUT2D eigenvalue weighted by atomic mass is 9.94. The van der Waals surface area contributed by atoms with Gasteiger partial charge in [-0.05, 0) is 55.7 Å². The van der Waals surface area contributed by atoms with E-state index in [-0.39, 0.29) is 29.5 Å². The fourth-order valence-electron chi connectivity index (χ4n) is 4.79. The van der Waals surface area contributed by atoms with E-state index in [2.05, 4.69) is 4.98 Å². The number of carbonyl (C=O) groups excluding carboxylic acids is 3. The molecule has 1 atom stereocenters. The predicted molar refractivity (Wildman–Crippen MR) is 130 cm³/mol. The molecule has 1 aromatic heterocycles. The van der Waals surface area contributed by atoms with E-state index in [0.717, 1.165) is 0 Å². The smallest absolute Gasteiger partial charge is 0.409 e. The molecule has 190 valence electrons. The van der Waals surface area contributed by atoms with Crippen LogP contribution in [0, 0.1) is 0 Å². The van der Waals surface area contributed by atoms with Crippen molar-refractivity contribution < 1.29 is 33.7 Å². The quantitative estimate of drug-likeness (QED) is 0.369. The van der Waals surface area contributed by atoms with Gasteiger partial charge < -0.3 is 29.1 Å². The number of ketones is 1. The Morgan fingerprint density at radius 3 is 2.39 bits per heavy atom. The number of pyridine rings is 1. The van der Waals surface area contributed by atoms with Gasteiger partial charge in [-0.2, -0.15) is 0 Å². The number of ether oxygens (including phenoxy) is 3. The second-order valence-electron chi connectivity index (χ2n) is 8.47. The Bertz CT molecular complexity index is 1170. The van der Waals surface area contributed by atoms with E-state index in [0.29, 0.717) is 43.0 Å². The summed E-state index contributed by atoms with van der Waals surface area (Å²) in [5, 5.41) is 11.4. The Morgan fingerprint density at radius 1 is 1.08 bits per heavy atom. The topological polar surface area (TPSA) is 119 Å². The van der Waals surface area contributed by atoms with Gasteiger partial charge in [-0.1, -0.05) is 0 Å². The highest BCUT2D eigenvalue weighted by Gasteiger charge is 2.49. The van der Waals surface area contributed by atoms with Crippen LogP contribution in [-0.2, 0) is 14.3 Å². The molecule has 2 amide bonds. The highest BCUT2D eigenvalue weighted by Crippen LogP contribution is 2.43. The van der Waals surface area contributed by atoms with Crippen molar-refractivity contribution in [3.05, 3.63) is 59.4 Å². The summed E-state index contributed by atoms with van der Waals surface area (Å²) in [4.78, 5) is 46.1. The van der Waals surface area contributed by atoms with E-state index in [4.69, 9.17) is 14.2 Å². The molecule has 1 unspecified atom stereocenters. The van der Waals surface area contributed by atoms with Crippen LogP contribution in [-0.4, -0.2) is 77.6 Å². The van der Waals surface area contributed by atoms with Gasteiger partial charge >= 0.3 is 6.09 Å². The van der Waals surface area contributed by atoms with Gasteiger partial charge in [0, 0.05) is 31.5 Å². The number of aromatic nitrogens is 1. The molecule has 0 bridgehead atoms. The van der Waals surface area contributed by atoms with E-state index in [1.54, 1.807) is 54.5 Å². The minimum Gasteiger partial charge on any atom is -0.507 e. The number of aliphatic hydroxyl groups excluding tert-OH is 1. The molecular formula is C26H29N3O7. The summed E-state index contributed by atoms with van der Waals surface area (Å²) in [6, 6.07) is 7.14. The highest BCUT2D eigenvalue weighted by atomic mass is 16.6. The van der Waals surface area contributed by atoms with Crippen LogP contribution in [0.25, 0.3) is 5.76 Å². The molecule has 2 fully saturated rings. The molecule has 10 heteroatoms. The average Bonchev–Trinajstić information content (AvgIpc) is 3.18. The number of Topliss-reactive ketones (excluding diaryl/α,β-unsaturated/α-hetero) is 1. The number of benzene rings is 1. The van der Waals surface area contributed by atoms with E-state index in [1.165, 1.54) is 19.1 Å². The fraction of sp³-hybridized carbons (Fsp3) is 0.385. The largest absolute Gasteiger partial charge is 0.507 e.